The van der Waals surface area contributed by atoms with Crippen molar-refractivity contribution in [2.24, 2.45) is 0 Å². The lowest BCUT2D eigenvalue weighted by atomic mass is 10.1. The summed E-state index contributed by atoms with van der Waals surface area (Å²) >= 11 is 2.08. The molecule has 1 heterocycles. The van der Waals surface area contributed by atoms with E-state index >= 15 is 0 Å². The zero-order valence-electron chi connectivity index (χ0n) is 17.7. The van der Waals surface area contributed by atoms with E-state index in [0.717, 1.165) is 16.4 Å². The molecular weight excluding hydrogens is 563 g/mol. The molecule has 0 radical (unpaired) electrons. The van der Waals surface area contributed by atoms with Crippen molar-refractivity contribution in [1.29, 1.82) is 0 Å². The molecule has 178 valence electrons. The number of halogens is 1. The highest BCUT2D eigenvalue weighted by Gasteiger charge is 2.27. The van der Waals surface area contributed by atoms with Crippen LogP contribution in [0.3, 0.4) is 0 Å². The van der Waals surface area contributed by atoms with Crippen LogP contribution in [0.4, 0.5) is 5.69 Å². The van der Waals surface area contributed by atoms with Crippen LogP contribution >= 0.6 is 22.6 Å². The van der Waals surface area contributed by atoms with Gasteiger partial charge in [-0.1, -0.05) is 12.1 Å². The molecule has 3 N–H and O–H groups in total. The van der Waals surface area contributed by atoms with Gasteiger partial charge in [-0.2, -0.15) is 4.72 Å². The maximum Gasteiger partial charge on any atom is 0.307 e. The molecule has 2 aromatic rings. The normalized spacial score (nSPS) is 17.3. The van der Waals surface area contributed by atoms with E-state index in [1.54, 1.807) is 36.4 Å². The van der Waals surface area contributed by atoms with E-state index in [1.807, 2.05) is 0 Å². The van der Waals surface area contributed by atoms with Crippen LogP contribution in [-0.4, -0.2) is 44.5 Å². The quantitative estimate of drug-likeness (QED) is 0.287. The largest absolute Gasteiger partial charge is 0.481 e. The molecule has 1 aliphatic rings. The predicted molar refractivity (Wildman–Crippen MR) is 129 cm³/mol. The van der Waals surface area contributed by atoms with Crippen molar-refractivity contribution < 1.29 is 32.6 Å². The van der Waals surface area contributed by atoms with Crippen LogP contribution < -0.4 is 10.0 Å². The lowest BCUT2D eigenvalue weighted by molar-refractivity contribution is -0.191. The van der Waals surface area contributed by atoms with Crippen LogP contribution in [0.25, 0.3) is 0 Å². The van der Waals surface area contributed by atoms with Gasteiger partial charge in [0.2, 0.25) is 15.9 Å². The first-order chi connectivity index (χ1) is 15.7. The molecule has 3 rings (SSSR count). The summed E-state index contributed by atoms with van der Waals surface area (Å²) in [4.78, 5) is 23.5. The molecule has 2 atom stereocenters. The van der Waals surface area contributed by atoms with Gasteiger partial charge in [0, 0.05) is 15.9 Å². The molecule has 0 saturated carbocycles. The van der Waals surface area contributed by atoms with Crippen molar-refractivity contribution in [2.75, 3.05) is 11.9 Å². The number of carbonyl (C=O) groups is 2. The number of hydrogen-bond acceptors (Lipinski definition) is 6. The summed E-state index contributed by atoms with van der Waals surface area (Å²) in [5.74, 6) is -1.41. The molecule has 1 saturated heterocycles. The van der Waals surface area contributed by atoms with Gasteiger partial charge in [-0.05, 0) is 83.8 Å². The first-order valence-corrected chi connectivity index (χ1v) is 12.9. The van der Waals surface area contributed by atoms with Crippen molar-refractivity contribution >= 4 is 50.2 Å². The summed E-state index contributed by atoms with van der Waals surface area (Å²) in [7, 11) is -3.93. The molecule has 33 heavy (non-hydrogen) atoms. The number of anilines is 1. The number of aliphatic carboxylic acids is 1. The number of carboxylic acids is 1. The van der Waals surface area contributed by atoms with E-state index in [2.05, 4.69) is 32.6 Å². The number of nitrogens with one attached hydrogen (secondary N) is 2. The van der Waals surface area contributed by atoms with E-state index in [-0.39, 0.29) is 17.7 Å². The number of sulfonamides is 1. The molecule has 0 aromatic heterocycles. The van der Waals surface area contributed by atoms with Crippen LogP contribution in [0.5, 0.6) is 0 Å². The second-order valence-corrected chi connectivity index (χ2v) is 10.5. The van der Waals surface area contributed by atoms with Gasteiger partial charge in [-0.15, -0.1) is 0 Å². The second kappa shape index (κ2) is 11.9. The third-order valence-electron chi connectivity index (χ3n) is 4.83. The molecule has 1 aliphatic heterocycles. The number of amides is 1. The highest BCUT2D eigenvalue weighted by atomic mass is 127. The highest BCUT2D eigenvalue weighted by Crippen LogP contribution is 2.19. The lowest BCUT2D eigenvalue weighted by Gasteiger charge is -2.28. The number of benzene rings is 2. The van der Waals surface area contributed by atoms with E-state index in [9.17, 15) is 18.0 Å². The zero-order chi connectivity index (χ0) is 23.8. The van der Waals surface area contributed by atoms with Gasteiger partial charge in [0.05, 0.1) is 17.7 Å². The molecule has 11 heteroatoms. The SMILES string of the molecule is O=C(O)Cc1ccc(NC(=O)CC(NS(=O)(=O)c2ccc(I)cc2)OC2CCCCO2)cc1. The van der Waals surface area contributed by atoms with Crippen LogP contribution in [0.1, 0.15) is 31.2 Å². The Labute approximate surface area is 206 Å². The smallest absolute Gasteiger partial charge is 0.307 e. The number of carbonyl (C=O) groups excluding carboxylic acids is 1. The Hall–Kier alpha value is -2.06. The Kier molecular flexibility index (Phi) is 9.20. The first-order valence-electron chi connectivity index (χ1n) is 10.4. The van der Waals surface area contributed by atoms with Gasteiger partial charge < -0.3 is 19.9 Å². The topological polar surface area (TPSA) is 131 Å². The summed E-state index contributed by atoms with van der Waals surface area (Å²) < 4.78 is 40.4. The summed E-state index contributed by atoms with van der Waals surface area (Å²) in [6.45, 7) is 0.510. The third kappa shape index (κ3) is 8.34. The van der Waals surface area contributed by atoms with Crippen LogP contribution in [0, 0.1) is 3.57 Å². The lowest BCUT2D eigenvalue weighted by Crippen LogP contribution is -2.42. The number of hydrogen-bond donors (Lipinski definition) is 3. The summed E-state index contributed by atoms with van der Waals surface area (Å²) in [6, 6.07) is 12.7. The molecular formula is C22H25IN2O7S. The van der Waals surface area contributed by atoms with Crippen molar-refractivity contribution in [3.63, 3.8) is 0 Å². The van der Waals surface area contributed by atoms with Crippen LogP contribution in [0.2, 0.25) is 0 Å². The van der Waals surface area contributed by atoms with Crippen molar-refractivity contribution in [1.82, 2.24) is 4.72 Å². The Bertz CT molecular complexity index is 1050. The van der Waals surface area contributed by atoms with Gasteiger partial charge in [0.1, 0.15) is 6.23 Å². The molecule has 2 aromatic carbocycles. The van der Waals surface area contributed by atoms with Gasteiger partial charge in [-0.25, -0.2) is 8.42 Å². The minimum Gasteiger partial charge on any atom is -0.481 e. The number of ether oxygens (including phenoxy) is 2. The van der Waals surface area contributed by atoms with Crippen LogP contribution in [-0.2, 0) is 35.5 Å². The molecule has 0 aliphatic carbocycles. The Morgan fingerprint density at radius 3 is 2.42 bits per heavy atom. The minimum absolute atomic E-state index is 0.0653. The molecule has 9 nitrogen and oxygen atoms in total. The average molecular weight is 588 g/mol. The van der Waals surface area contributed by atoms with E-state index < -0.39 is 34.4 Å². The minimum atomic E-state index is -3.93. The maximum absolute atomic E-state index is 12.8. The van der Waals surface area contributed by atoms with E-state index in [4.69, 9.17) is 14.6 Å². The standard InChI is InChI=1S/C22H25IN2O7S/c23-16-6-10-18(11-7-16)33(29,30)25-20(32-22-3-1-2-12-31-22)14-19(26)24-17-8-4-15(5-9-17)13-21(27)28/h4-11,20,22,25H,1-3,12-14H2,(H,24,26)(H,27,28). The highest BCUT2D eigenvalue weighted by molar-refractivity contribution is 14.1. The van der Waals surface area contributed by atoms with Gasteiger partial charge >= 0.3 is 5.97 Å². The van der Waals surface area contributed by atoms with E-state index in [1.165, 1.54) is 12.1 Å². The average Bonchev–Trinajstić information content (AvgIpc) is 2.75. The summed E-state index contributed by atoms with van der Waals surface area (Å²) in [6.07, 6.45) is 0.253. The first kappa shape index (κ1) is 25.6. The van der Waals surface area contributed by atoms with E-state index in [0.29, 0.717) is 24.3 Å². The van der Waals surface area contributed by atoms with Crippen LogP contribution in [0.15, 0.2) is 53.4 Å². The fraction of sp³-hybridized carbons (Fsp3) is 0.364. The van der Waals surface area contributed by atoms with Crippen molar-refractivity contribution in [3.8, 4) is 0 Å². The van der Waals surface area contributed by atoms with Gasteiger partial charge in [0.25, 0.3) is 0 Å². The fourth-order valence-corrected chi connectivity index (χ4v) is 4.71. The fourth-order valence-electron chi connectivity index (χ4n) is 3.24. The predicted octanol–water partition coefficient (Wildman–Crippen LogP) is 3.09. The molecule has 0 spiro atoms. The monoisotopic (exact) mass is 588 g/mol. The Morgan fingerprint density at radius 2 is 1.82 bits per heavy atom. The van der Waals surface area contributed by atoms with Crippen molar-refractivity contribution in [2.45, 2.75) is 49.5 Å². The maximum atomic E-state index is 12.8. The number of carboxylic acid groups (broad SMARTS) is 1. The summed E-state index contributed by atoms with van der Waals surface area (Å²) in [5.41, 5.74) is 1.06. The number of rotatable bonds is 10. The zero-order valence-corrected chi connectivity index (χ0v) is 20.7. The Morgan fingerprint density at radius 1 is 1.12 bits per heavy atom. The molecule has 1 fully saturated rings. The van der Waals surface area contributed by atoms with Crippen molar-refractivity contribution in [3.05, 3.63) is 57.7 Å². The molecule has 0 bridgehead atoms. The second-order valence-electron chi connectivity index (χ2n) is 7.52. The van der Waals surface area contributed by atoms with Gasteiger partial charge in [0.15, 0.2) is 6.29 Å². The Balaban J connectivity index is 1.68. The third-order valence-corrected chi connectivity index (χ3v) is 7.01. The van der Waals surface area contributed by atoms with Gasteiger partial charge in [-0.3, -0.25) is 9.59 Å². The summed E-state index contributed by atoms with van der Waals surface area (Å²) in [5, 5.41) is 11.5. The molecule has 1 amide bonds. The molecule has 2 unspecified atom stereocenters.